The number of carboxylic acid groups (broad SMARTS) is 1. The molecule has 5 nitrogen and oxygen atoms in total. The summed E-state index contributed by atoms with van der Waals surface area (Å²) in [6.45, 7) is 2.21. The van der Waals surface area contributed by atoms with Crippen LogP contribution in [0.2, 0.25) is 0 Å². The Morgan fingerprint density at radius 3 is 2.83 bits per heavy atom. The summed E-state index contributed by atoms with van der Waals surface area (Å²) in [5, 5.41) is 20.8. The van der Waals surface area contributed by atoms with Gasteiger partial charge in [0.1, 0.15) is 6.04 Å². The second-order valence-corrected chi connectivity index (χ2v) is 3.96. The minimum atomic E-state index is -0.921. The van der Waals surface area contributed by atoms with E-state index in [0.717, 1.165) is 11.3 Å². The highest BCUT2D eigenvalue weighted by atomic mass is 16.5. The number of nitrogens with one attached hydrogen (secondary N) is 1. The number of benzene rings is 1. The highest BCUT2D eigenvalue weighted by Gasteiger charge is 2.17. The molecule has 0 bridgehead atoms. The van der Waals surface area contributed by atoms with Gasteiger partial charge < -0.3 is 15.2 Å². The van der Waals surface area contributed by atoms with E-state index in [0.29, 0.717) is 18.6 Å². The van der Waals surface area contributed by atoms with E-state index in [4.69, 9.17) is 15.1 Å². The molecule has 0 aliphatic heterocycles. The maximum absolute atomic E-state index is 11.1. The third-order valence-electron chi connectivity index (χ3n) is 2.59. The van der Waals surface area contributed by atoms with Crippen molar-refractivity contribution in [1.82, 2.24) is 0 Å². The number of aliphatic carboxylic acids is 1. The summed E-state index contributed by atoms with van der Waals surface area (Å²) in [6.07, 6.45) is 0.380. The lowest BCUT2D eigenvalue weighted by Crippen LogP contribution is -2.30. The van der Waals surface area contributed by atoms with Crippen LogP contribution in [0.5, 0.6) is 0 Å². The first-order valence-electron chi connectivity index (χ1n) is 5.57. The summed E-state index contributed by atoms with van der Waals surface area (Å²) in [6, 6.07) is 6.44. The monoisotopic (exact) mass is 248 g/mol. The van der Waals surface area contributed by atoms with Gasteiger partial charge >= 0.3 is 5.97 Å². The molecule has 2 N–H and O–H groups in total. The second-order valence-electron chi connectivity index (χ2n) is 3.96. The average molecular weight is 248 g/mol. The summed E-state index contributed by atoms with van der Waals surface area (Å²) in [5.74, 6) is -0.921. The van der Waals surface area contributed by atoms with Gasteiger partial charge in [0.25, 0.3) is 0 Å². The first kappa shape index (κ1) is 14.0. The van der Waals surface area contributed by atoms with Gasteiger partial charge in [0.2, 0.25) is 0 Å². The van der Waals surface area contributed by atoms with E-state index in [1.807, 2.05) is 13.0 Å². The molecule has 0 aliphatic carbocycles. The third kappa shape index (κ3) is 3.75. The van der Waals surface area contributed by atoms with E-state index in [-0.39, 0.29) is 0 Å². The van der Waals surface area contributed by atoms with Crippen LogP contribution in [0.3, 0.4) is 0 Å². The summed E-state index contributed by atoms with van der Waals surface area (Å²) in [4.78, 5) is 11.1. The lowest BCUT2D eigenvalue weighted by Gasteiger charge is -2.17. The lowest BCUT2D eigenvalue weighted by molar-refractivity contribution is -0.138. The fourth-order valence-corrected chi connectivity index (χ4v) is 1.58. The van der Waals surface area contributed by atoms with E-state index >= 15 is 0 Å². The molecule has 0 radical (unpaired) electrons. The number of rotatable bonds is 6. The maximum atomic E-state index is 11.1. The Morgan fingerprint density at radius 2 is 2.33 bits per heavy atom. The first-order valence-corrected chi connectivity index (χ1v) is 5.57. The number of methoxy groups -OCH3 is 1. The molecule has 0 amide bonds. The first-order chi connectivity index (χ1) is 8.58. The Morgan fingerprint density at radius 1 is 1.61 bits per heavy atom. The smallest absolute Gasteiger partial charge is 0.326 e. The number of nitriles is 1. The molecule has 0 aliphatic rings. The van der Waals surface area contributed by atoms with E-state index in [1.54, 1.807) is 18.2 Å². The van der Waals surface area contributed by atoms with Gasteiger partial charge in [-0.05, 0) is 30.7 Å². The van der Waals surface area contributed by atoms with Crippen molar-refractivity contribution in [1.29, 1.82) is 5.26 Å². The van der Waals surface area contributed by atoms with Gasteiger partial charge in [0, 0.05) is 25.8 Å². The number of aryl methyl sites for hydroxylation is 1. The molecule has 18 heavy (non-hydrogen) atoms. The molecule has 0 fully saturated rings. The molecule has 0 spiro atoms. The molecule has 96 valence electrons. The molecule has 1 rings (SSSR count). The van der Waals surface area contributed by atoms with Gasteiger partial charge in [0.15, 0.2) is 0 Å². The minimum Gasteiger partial charge on any atom is -0.480 e. The molecular formula is C13H16N2O3. The van der Waals surface area contributed by atoms with Gasteiger partial charge in [-0.15, -0.1) is 0 Å². The van der Waals surface area contributed by atoms with Crippen LogP contribution >= 0.6 is 0 Å². The second kappa shape index (κ2) is 6.62. The summed E-state index contributed by atoms with van der Waals surface area (Å²) >= 11 is 0. The standard InChI is InChI=1S/C13H16N2O3/c1-9-7-10(8-14)3-4-11(9)15-12(13(16)17)5-6-18-2/h3-4,7,12,15H,5-6H2,1-2H3,(H,16,17). The van der Waals surface area contributed by atoms with Crippen molar-refractivity contribution < 1.29 is 14.6 Å². The predicted molar refractivity (Wildman–Crippen MR) is 67.4 cm³/mol. The number of ether oxygens (including phenoxy) is 1. The zero-order valence-corrected chi connectivity index (χ0v) is 10.4. The summed E-state index contributed by atoms with van der Waals surface area (Å²) < 4.78 is 4.88. The number of nitrogens with zero attached hydrogens (tertiary/aromatic N) is 1. The zero-order valence-electron chi connectivity index (χ0n) is 10.4. The van der Waals surface area contributed by atoms with Crippen LogP contribution in [0.15, 0.2) is 18.2 Å². The lowest BCUT2D eigenvalue weighted by atomic mass is 10.1. The topological polar surface area (TPSA) is 82.3 Å². The Labute approximate surface area is 106 Å². The average Bonchev–Trinajstić information content (AvgIpc) is 2.35. The van der Waals surface area contributed by atoms with Crippen LogP contribution in [-0.2, 0) is 9.53 Å². The van der Waals surface area contributed by atoms with E-state index in [2.05, 4.69) is 5.32 Å². The summed E-state index contributed by atoms with van der Waals surface area (Å²) in [5.41, 5.74) is 2.12. The largest absolute Gasteiger partial charge is 0.480 e. The van der Waals surface area contributed by atoms with Crippen LogP contribution in [0.4, 0.5) is 5.69 Å². The van der Waals surface area contributed by atoms with Crippen molar-refractivity contribution in [3.8, 4) is 6.07 Å². The van der Waals surface area contributed by atoms with Crippen molar-refractivity contribution >= 4 is 11.7 Å². The Balaban J connectivity index is 2.81. The molecule has 0 heterocycles. The number of carboxylic acids is 1. The van der Waals surface area contributed by atoms with Crippen molar-refractivity contribution in [2.45, 2.75) is 19.4 Å². The third-order valence-corrected chi connectivity index (χ3v) is 2.59. The molecule has 1 aromatic rings. The van der Waals surface area contributed by atoms with Crippen molar-refractivity contribution in [2.24, 2.45) is 0 Å². The van der Waals surface area contributed by atoms with Gasteiger partial charge in [-0.3, -0.25) is 0 Å². The maximum Gasteiger partial charge on any atom is 0.326 e. The van der Waals surface area contributed by atoms with Crippen molar-refractivity contribution in [3.05, 3.63) is 29.3 Å². The van der Waals surface area contributed by atoms with Crippen molar-refractivity contribution in [3.63, 3.8) is 0 Å². The Hall–Kier alpha value is -2.06. The van der Waals surface area contributed by atoms with E-state index < -0.39 is 12.0 Å². The van der Waals surface area contributed by atoms with Crippen LogP contribution in [0.25, 0.3) is 0 Å². The number of anilines is 1. The van der Waals surface area contributed by atoms with Crippen molar-refractivity contribution in [2.75, 3.05) is 19.0 Å². The quantitative estimate of drug-likeness (QED) is 0.801. The molecule has 0 saturated carbocycles. The SMILES string of the molecule is COCCC(Nc1ccc(C#N)cc1C)C(=O)O. The number of hydrogen-bond acceptors (Lipinski definition) is 4. The molecule has 5 heteroatoms. The molecule has 0 saturated heterocycles. The summed E-state index contributed by atoms with van der Waals surface area (Å²) in [7, 11) is 1.53. The van der Waals surface area contributed by atoms with E-state index in [1.165, 1.54) is 7.11 Å². The van der Waals surface area contributed by atoms with E-state index in [9.17, 15) is 4.79 Å². The fourth-order valence-electron chi connectivity index (χ4n) is 1.58. The number of carbonyl (C=O) groups is 1. The van der Waals surface area contributed by atoms with Crippen LogP contribution in [-0.4, -0.2) is 30.8 Å². The van der Waals surface area contributed by atoms with Crippen LogP contribution in [0, 0.1) is 18.3 Å². The van der Waals surface area contributed by atoms with Crippen LogP contribution in [0.1, 0.15) is 17.5 Å². The highest BCUT2D eigenvalue weighted by molar-refractivity contribution is 5.77. The minimum absolute atomic E-state index is 0.374. The highest BCUT2D eigenvalue weighted by Crippen LogP contribution is 2.18. The molecular weight excluding hydrogens is 232 g/mol. The Kier molecular flexibility index (Phi) is 5.15. The fraction of sp³-hybridized carbons (Fsp3) is 0.385. The molecule has 0 aromatic heterocycles. The molecule has 1 aromatic carbocycles. The normalized spacial score (nSPS) is 11.6. The molecule has 1 unspecified atom stereocenters. The van der Waals surface area contributed by atoms with Gasteiger partial charge in [0.05, 0.1) is 11.6 Å². The zero-order chi connectivity index (χ0) is 13.5. The van der Waals surface area contributed by atoms with Crippen LogP contribution < -0.4 is 5.32 Å². The van der Waals surface area contributed by atoms with Gasteiger partial charge in [-0.1, -0.05) is 0 Å². The molecule has 1 atom stereocenters. The predicted octanol–water partition coefficient (Wildman–Crippen LogP) is 1.77. The van der Waals surface area contributed by atoms with Gasteiger partial charge in [-0.2, -0.15) is 5.26 Å². The number of hydrogen-bond donors (Lipinski definition) is 2. The van der Waals surface area contributed by atoms with Gasteiger partial charge in [-0.25, -0.2) is 4.79 Å². The Bertz CT molecular complexity index is 466.